The van der Waals surface area contributed by atoms with Gasteiger partial charge in [-0.2, -0.15) is 5.10 Å². The van der Waals surface area contributed by atoms with Crippen LogP contribution in [0, 0.1) is 5.82 Å². The first-order valence-corrected chi connectivity index (χ1v) is 6.53. The summed E-state index contributed by atoms with van der Waals surface area (Å²) >= 11 is 0. The SMILES string of the molecule is CC(=NNC(=O)Nc1cccc(F)c1)c1ncccc1C(=O)O.[NaH]. The average molecular weight is 340 g/mol. The second kappa shape index (κ2) is 9.11. The van der Waals surface area contributed by atoms with Crippen molar-refractivity contribution in [2.45, 2.75) is 6.92 Å². The van der Waals surface area contributed by atoms with E-state index in [1.54, 1.807) is 0 Å². The van der Waals surface area contributed by atoms with Crippen molar-refractivity contribution in [3.8, 4) is 0 Å². The van der Waals surface area contributed by atoms with Crippen LogP contribution >= 0.6 is 0 Å². The van der Waals surface area contributed by atoms with Gasteiger partial charge in [0.15, 0.2) is 0 Å². The number of carboxylic acids is 1. The van der Waals surface area contributed by atoms with E-state index >= 15 is 0 Å². The first kappa shape index (κ1) is 19.8. The number of nitrogens with zero attached hydrogens (tertiary/aromatic N) is 2. The number of amides is 2. The molecule has 0 spiro atoms. The summed E-state index contributed by atoms with van der Waals surface area (Å²) in [5.41, 5.74) is 2.80. The number of carboxylic acid groups (broad SMARTS) is 1. The number of hydrogen-bond acceptors (Lipinski definition) is 4. The van der Waals surface area contributed by atoms with E-state index in [9.17, 15) is 14.0 Å². The minimum atomic E-state index is -1.15. The molecule has 0 saturated carbocycles. The normalized spacial score (nSPS) is 10.5. The minimum absolute atomic E-state index is 0. The first-order valence-electron chi connectivity index (χ1n) is 6.53. The molecular formula is C15H14FN4NaO3. The Hall–Kier alpha value is -2.29. The fourth-order valence-electron chi connectivity index (χ4n) is 1.78. The van der Waals surface area contributed by atoms with Gasteiger partial charge >= 0.3 is 41.6 Å². The van der Waals surface area contributed by atoms with Crippen LogP contribution in [0.15, 0.2) is 47.7 Å². The molecule has 2 rings (SSSR count). The predicted octanol–water partition coefficient (Wildman–Crippen LogP) is 1.82. The Morgan fingerprint density at radius 2 is 2.00 bits per heavy atom. The number of pyridine rings is 1. The van der Waals surface area contributed by atoms with E-state index in [2.05, 4.69) is 20.8 Å². The van der Waals surface area contributed by atoms with E-state index < -0.39 is 17.8 Å². The maximum absolute atomic E-state index is 13.0. The topological polar surface area (TPSA) is 104 Å². The van der Waals surface area contributed by atoms with Crippen LogP contribution in [0.1, 0.15) is 23.0 Å². The van der Waals surface area contributed by atoms with Crippen molar-refractivity contribution in [1.82, 2.24) is 10.4 Å². The molecule has 9 heteroatoms. The Bertz CT molecular complexity index is 783. The first-order chi connectivity index (χ1) is 11.0. The molecule has 0 saturated heterocycles. The summed E-state index contributed by atoms with van der Waals surface area (Å²) in [5.74, 6) is -1.63. The summed E-state index contributed by atoms with van der Waals surface area (Å²) in [7, 11) is 0. The summed E-state index contributed by atoms with van der Waals surface area (Å²) in [5, 5.41) is 15.3. The number of aromatic nitrogens is 1. The van der Waals surface area contributed by atoms with Crippen molar-refractivity contribution in [3.05, 3.63) is 59.7 Å². The molecule has 1 aromatic heterocycles. The van der Waals surface area contributed by atoms with E-state index in [-0.39, 0.29) is 52.2 Å². The molecule has 7 nitrogen and oxygen atoms in total. The number of anilines is 1. The van der Waals surface area contributed by atoms with Crippen molar-refractivity contribution < 1.29 is 19.1 Å². The fraction of sp³-hybridized carbons (Fsp3) is 0.0667. The molecule has 1 heterocycles. The quantitative estimate of drug-likeness (QED) is 0.449. The molecule has 0 fully saturated rings. The standard InChI is InChI=1S/C15H13FN4O3.Na.H/c1-9(13-12(14(21)22)6-3-7-17-13)19-20-15(23)18-11-5-2-4-10(16)8-11;;/h2-8H,1H3,(H,21,22)(H2,18,20,23);;. The molecule has 0 aliphatic carbocycles. The molecule has 120 valence electrons. The summed E-state index contributed by atoms with van der Waals surface area (Å²) in [6.45, 7) is 1.51. The Morgan fingerprint density at radius 3 is 2.67 bits per heavy atom. The molecule has 2 aromatic rings. The molecule has 3 N–H and O–H groups in total. The summed E-state index contributed by atoms with van der Waals surface area (Å²) in [6.07, 6.45) is 1.42. The number of urea groups is 1. The third-order valence-electron chi connectivity index (χ3n) is 2.79. The molecule has 0 unspecified atom stereocenters. The van der Waals surface area contributed by atoms with Crippen LogP contribution < -0.4 is 10.7 Å². The number of carbonyl (C=O) groups excluding carboxylic acids is 1. The maximum atomic E-state index is 13.0. The van der Waals surface area contributed by atoms with Gasteiger partial charge in [0, 0.05) is 11.9 Å². The van der Waals surface area contributed by atoms with Gasteiger partial charge in [0.05, 0.1) is 11.3 Å². The Morgan fingerprint density at radius 1 is 1.25 bits per heavy atom. The van der Waals surface area contributed by atoms with E-state index in [0.717, 1.165) is 6.07 Å². The van der Waals surface area contributed by atoms with E-state index in [1.165, 1.54) is 43.5 Å². The monoisotopic (exact) mass is 340 g/mol. The zero-order valence-electron chi connectivity index (χ0n) is 12.1. The predicted molar refractivity (Wildman–Crippen MR) is 89.1 cm³/mol. The van der Waals surface area contributed by atoms with E-state index in [4.69, 9.17) is 5.11 Å². The van der Waals surface area contributed by atoms with Gasteiger partial charge in [-0.3, -0.25) is 4.98 Å². The number of halogens is 1. The number of aromatic carboxylic acids is 1. The number of benzene rings is 1. The summed E-state index contributed by atoms with van der Waals surface area (Å²) < 4.78 is 13.0. The van der Waals surface area contributed by atoms with Gasteiger partial charge in [-0.15, -0.1) is 0 Å². The van der Waals surface area contributed by atoms with Crippen LogP contribution in [0.5, 0.6) is 0 Å². The zero-order chi connectivity index (χ0) is 16.8. The summed E-state index contributed by atoms with van der Waals surface area (Å²) in [6, 6.07) is 7.55. The van der Waals surface area contributed by atoms with Crippen molar-refractivity contribution in [2.75, 3.05) is 5.32 Å². The molecule has 2 amide bonds. The second-order valence-corrected chi connectivity index (χ2v) is 4.48. The van der Waals surface area contributed by atoms with Gasteiger partial charge < -0.3 is 10.4 Å². The molecule has 0 bridgehead atoms. The van der Waals surface area contributed by atoms with Crippen LogP contribution in [0.25, 0.3) is 0 Å². The number of rotatable bonds is 4. The number of nitrogens with one attached hydrogen (secondary N) is 2. The third-order valence-corrected chi connectivity index (χ3v) is 2.79. The molecule has 1 aromatic carbocycles. The molecule has 0 atom stereocenters. The van der Waals surface area contributed by atoms with Crippen LogP contribution in [0.2, 0.25) is 0 Å². The molecular weight excluding hydrogens is 326 g/mol. The van der Waals surface area contributed by atoms with Crippen molar-refractivity contribution in [3.63, 3.8) is 0 Å². The van der Waals surface area contributed by atoms with Crippen LogP contribution in [-0.2, 0) is 0 Å². The Kier molecular flexibility index (Phi) is 7.50. The average Bonchev–Trinajstić information content (AvgIpc) is 2.52. The number of hydrazone groups is 1. The number of hydrogen-bond donors (Lipinski definition) is 3. The van der Waals surface area contributed by atoms with Gasteiger partial charge in [0.2, 0.25) is 0 Å². The fourth-order valence-corrected chi connectivity index (χ4v) is 1.78. The van der Waals surface area contributed by atoms with Gasteiger partial charge in [-0.05, 0) is 37.3 Å². The van der Waals surface area contributed by atoms with Gasteiger partial charge in [0.1, 0.15) is 11.5 Å². The van der Waals surface area contributed by atoms with Crippen molar-refractivity contribution in [1.29, 1.82) is 0 Å². The molecule has 0 aliphatic rings. The number of carbonyl (C=O) groups is 2. The Labute approximate surface area is 159 Å². The van der Waals surface area contributed by atoms with Gasteiger partial charge in [-0.25, -0.2) is 19.4 Å². The van der Waals surface area contributed by atoms with Crippen molar-refractivity contribution in [2.24, 2.45) is 5.10 Å². The molecule has 0 radical (unpaired) electrons. The van der Waals surface area contributed by atoms with Gasteiger partial charge in [0.25, 0.3) is 0 Å². The van der Waals surface area contributed by atoms with Crippen molar-refractivity contribution >= 4 is 53.0 Å². The Balaban J connectivity index is 0.00000288. The van der Waals surface area contributed by atoms with Crippen LogP contribution in [0.3, 0.4) is 0 Å². The van der Waals surface area contributed by atoms with Crippen LogP contribution in [-0.4, -0.2) is 57.4 Å². The van der Waals surface area contributed by atoms with E-state index in [1.807, 2.05) is 0 Å². The van der Waals surface area contributed by atoms with Gasteiger partial charge in [-0.1, -0.05) is 6.07 Å². The molecule has 0 aliphatic heterocycles. The third kappa shape index (κ3) is 5.41. The second-order valence-electron chi connectivity index (χ2n) is 4.48. The summed E-state index contributed by atoms with van der Waals surface area (Å²) in [4.78, 5) is 26.7. The molecule has 24 heavy (non-hydrogen) atoms. The van der Waals surface area contributed by atoms with Crippen LogP contribution in [0.4, 0.5) is 14.9 Å². The van der Waals surface area contributed by atoms with E-state index in [0.29, 0.717) is 0 Å². The zero-order valence-corrected chi connectivity index (χ0v) is 12.1.